The number of halogens is 1. The molecule has 1 atom stereocenters. The highest BCUT2D eigenvalue weighted by atomic mass is 35.5. The van der Waals surface area contributed by atoms with Gasteiger partial charge in [-0.05, 0) is 18.9 Å². The molecule has 0 spiro atoms. The fourth-order valence-corrected chi connectivity index (χ4v) is 2.16. The van der Waals surface area contributed by atoms with Gasteiger partial charge in [-0.1, -0.05) is 24.6 Å². The first-order valence-corrected chi connectivity index (χ1v) is 6.32. The van der Waals surface area contributed by atoms with E-state index in [1.54, 1.807) is 23.3 Å². The van der Waals surface area contributed by atoms with Gasteiger partial charge in [-0.3, -0.25) is 9.67 Å². The Balaban J connectivity index is 2.39. The average Bonchev–Trinajstić information content (AvgIpc) is 2.70. The lowest BCUT2D eigenvalue weighted by atomic mass is 10.1. The summed E-state index contributed by atoms with van der Waals surface area (Å²) in [5.41, 5.74) is 2.37. The van der Waals surface area contributed by atoms with Crippen molar-refractivity contribution in [1.29, 1.82) is 0 Å². The summed E-state index contributed by atoms with van der Waals surface area (Å²) in [6.45, 7) is 4.73. The number of hydrogen-bond acceptors (Lipinski definition) is 3. The Morgan fingerprint density at radius 1 is 1.39 bits per heavy atom. The van der Waals surface area contributed by atoms with Crippen LogP contribution in [0, 0.1) is 6.92 Å². The lowest BCUT2D eigenvalue weighted by Crippen LogP contribution is -2.11. The van der Waals surface area contributed by atoms with Crippen LogP contribution in [0.2, 0.25) is 5.02 Å². The zero-order chi connectivity index (χ0) is 13.1. The van der Waals surface area contributed by atoms with Gasteiger partial charge in [0.15, 0.2) is 0 Å². The van der Waals surface area contributed by atoms with Crippen molar-refractivity contribution in [1.82, 2.24) is 14.8 Å². The maximum absolute atomic E-state index is 10.4. The summed E-state index contributed by atoms with van der Waals surface area (Å²) in [5.74, 6) is 0. The summed E-state index contributed by atoms with van der Waals surface area (Å²) in [6.07, 6.45) is 5.11. The number of aliphatic hydroxyl groups is 1. The van der Waals surface area contributed by atoms with Gasteiger partial charge >= 0.3 is 0 Å². The molecule has 0 amide bonds. The van der Waals surface area contributed by atoms with Gasteiger partial charge in [-0.15, -0.1) is 0 Å². The second-order valence-electron chi connectivity index (χ2n) is 4.30. The van der Waals surface area contributed by atoms with Gasteiger partial charge in [-0.25, -0.2) is 0 Å². The predicted octanol–water partition coefficient (Wildman–Crippen LogP) is 2.73. The largest absolute Gasteiger partial charge is 0.382 e. The molecule has 1 unspecified atom stereocenters. The van der Waals surface area contributed by atoms with E-state index in [-0.39, 0.29) is 0 Å². The van der Waals surface area contributed by atoms with Gasteiger partial charge < -0.3 is 5.11 Å². The highest BCUT2D eigenvalue weighted by Crippen LogP contribution is 2.28. The number of pyridine rings is 1. The third kappa shape index (κ3) is 2.54. The highest BCUT2D eigenvalue weighted by Gasteiger charge is 2.19. The van der Waals surface area contributed by atoms with Crippen molar-refractivity contribution >= 4 is 11.6 Å². The van der Waals surface area contributed by atoms with Gasteiger partial charge in [0.1, 0.15) is 6.10 Å². The highest BCUT2D eigenvalue weighted by molar-refractivity contribution is 6.31. The summed E-state index contributed by atoms with van der Waals surface area (Å²) in [7, 11) is 0. The quantitative estimate of drug-likeness (QED) is 0.925. The topological polar surface area (TPSA) is 50.9 Å². The Bertz CT molecular complexity index is 539. The minimum Gasteiger partial charge on any atom is -0.382 e. The molecule has 1 N–H and O–H groups in total. The van der Waals surface area contributed by atoms with Gasteiger partial charge in [0.2, 0.25) is 0 Å². The summed E-state index contributed by atoms with van der Waals surface area (Å²) >= 11 is 6.10. The van der Waals surface area contributed by atoms with Crippen LogP contribution in [0.1, 0.15) is 36.3 Å². The molecule has 0 aliphatic carbocycles. The lowest BCUT2D eigenvalue weighted by Gasteiger charge is -2.14. The Morgan fingerprint density at radius 3 is 2.83 bits per heavy atom. The first-order valence-electron chi connectivity index (χ1n) is 5.94. The number of aryl methyl sites for hydroxylation is 2. The van der Waals surface area contributed by atoms with Crippen molar-refractivity contribution in [3.8, 4) is 0 Å². The summed E-state index contributed by atoms with van der Waals surface area (Å²) in [4.78, 5) is 4.09. The maximum Gasteiger partial charge on any atom is 0.124 e. The molecule has 0 fully saturated rings. The molecular weight excluding hydrogens is 250 g/mol. The van der Waals surface area contributed by atoms with Crippen molar-refractivity contribution in [3.05, 3.63) is 46.5 Å². The molecule has 2 rings (SSSR count). The molecule has 0 saturated heterocycles. The Labute approximate surface area is 111 Å². The maximum atomic E-state index is 10.4. The first kappa shape index (κ1) is 13.1. The average molecular weight is 266 g/mol. The third-order valence-electron chi connectivity index (χ3n) is 2.74. The van der Waals surface area contributed by atoms with Crippen LogP contribution in [-0.4, -0.2) is 19.9 Å². The Hall–Kier alpha value is -1.39. The summed E-state index contributed by atoms with van der Waals surface area (Å²) in [6, 6.07) is 1.90. The molecule has 0 saturated carbocycles. The minimum absolute atomic E-state index is 0.484. The number of nitrogens with zero attached hydrogens (tertiary/aromatic N) is 3. The molecule has 2 aromatic heterocycles. The van der Waals surface area contributed by atoms with E-state index in [9.17, 15) is 5.11 Å². The molecule has 2 aromatic rings. The first-order chi connectivity index (χ1) is 8.63. The van der Waals surface area contributed by atoms with E-state index in [0.29, 0.717) is 10.7 Å². The molecule has 0 aliphatic heterocycles. The zero-order valence-corrected chi connectivity index (χ0v) is 11.2. The molecule has 0 aliphatic rings. The zero-order valence-electron chi connectivity index (χ0n) is 10.5. The number of aliphatic hydroxyl groups excluding tert-OH is 1. The van der Waals surface area contributed by atoms with Crippen LogP contribution in [-0.2, 0) is 6.54 Å². The van der Waals surface area contributed by atoms with E-state index >= 15 is 0 Å². The number of hydrogen-bond donors (Lipinski definition) is 1. The summed E-state index contributed by atoms with van der Waals surface area (Å²) < 4.78 is 1.75. The second kappa shape index (κ2) is 5.50. The number of aromatic nitrogens is 3. The van der Waals surface area contributed by atoms with Crippen molar-refractivity contribution in [3.63, 3.8) is 0 Å². The standard InChI is InChI=1S/C13H16ClN3O/c1-3-4-17-12(11(14)8-16-17)13(18)10-5-9(2)6-15-7-10/h5-8,13,18H,3-4H2,1-2H3. The predicted molar refractivity (Wildman–Crippen MR) is 70.6 cm³/mol. The van der Waals surface area contributed by atoms with Gasteiger partial charge in [-0.2, -0.15) is 5.10 Å². The van der Waals surface area contributed by atoms with Crippen LogP contribution in [0.15, 0.2) is 24.7 Å². The molecule has 0 bridgehead atoms. The minimum atomic E-state index is -0.793. The van der Waals surface area contributed by atoms with Gasteiger partial charge in [0, 0.05) is 24.5 Å². The SMILES string of the molecule is CCCn1ncc(Cl)c1C(O)c1cncc(C)c1. The fourth-order valence-electron chi connectivity index (χ4n) is 1.92. The fraction of sp³-hybridized carbons (Fsp3) is 0.385. The molecular formula is C13H16ClN3O. The van der Waals surface area contributed by atoms with Crippen molar-refractivity contribution in [2.45, 2.75) is 32.9 Å². The lowest BCUT2D eigenvalue weighted by molar-refractivity contribution is 0.207. The van der Waals surface area contributed by atoms with E-state index in [1.165, 1.54) is 0 Å². The van der Waals surface area contributed by atoms with Crippen LogP contribution in [0.5, 0.6) is 0 Å². The van der Waals surface area contributed by atoms with Crippen molar-refractivity contribution in [2.24, 2.45) is 0 Å². The monoisotopic (exact) mass is 265 g/mol. The van der Waals surface area contributed by atoms with Gasteiger partial charge in [0.25, 0.3) is 0 Å². The number of rotatable bonds is 4. The van der Waals surface area contributed by atoms with E-state index in [4.69, 9.17) is 11.6 Å². The van der Waals surface area contributed by atoms with E-state index < -0.39 is 6.10 Å². The second-order valence-corrected chi connectivity index (χ2v) is 4.71. The molecule has 2 heterocycles. The molecule has 18 heavy (non-hydrogen) atoms. The van der Waals surface area contributed by atoms with Crippen molar-refractivity contribution < 1.29 is 5.11 Å². The van der Waals surface area contributed by atoms with Gasteiger partial charge in [0.05, 0.1) is 16.9 Å². The van der Waals surface area contributed by atoms with Crippen LogP contribution >= 0.6 is 11.6 Å². The molecule has 0 aromatic carbocycles. The molecule has 4 nitrogen and oxygen atoms in total. The van der Waals surface area contributed by atoms with E-state index in [2.05, 4.69) is 17.0 Å². The summed E-state index contributed by atoms with van der Waals surface area (Å²) in [5, 5.41) is 15.1. The van der Waals surface area contributed by atoms with Crippen LogP contribution in [0.4, 0.5) is 0 Å². The molecule has 96 valence electrons. The normalized spacial score (nSPS) is 12.7. The van der Waals surface area contributed by atoms with E-state index in [1.807, 2.05) is 13.0 Å². The molecule has 0 radical (unpaired) electrons. The Morgan fingerprint density at radius 2 is 2.17 bits per heavy atom. The smallest absolute Gasteiger partial charge is 0.124 e. The van der Waals surface area contributed by atoms with Crippen LogP contribution in [0.3, 0.4) is 0 Å². The third-order valence-corrected chi connectivity index (χ3v) is 3.03. The van der Waals surface area contributed by atoms with Crippen LogP contribution in [0.25, 0.3) is 0 Å². The van der Waals surface area contributed by atoms with Crippen LogP contribution < -0.4 is 0 Å². The molecule has 5 heteroatoms. The van der Waals surface area contributed by atoms with Crippen molar-refractivity contribution in [2.75, 3.05) is 0 Å². The van der Waals surface area contributed by atoms with E-state index in [0.717, 1.165) is 24.1 Å². The Kier molecular flexibility index (Phi) is 3.99.